The minimum absolute atomic E-state index is 0.104. The molecule has 1 aromatic rings. The largest absolute Gasteiger partial charge is 0.497 e. The standard InChI is InChI=1S/C12H17N3O2/c1-8(9(2)14-15-12(13)16)10-4-6-11(17-3)7-5-10/h4-8H,1-3H3,(H3,13,15,16)/b14-9+. The lowest BCUT2D eigenvalue weighted by atomic mass is 9.97. The molecule has 0 heterocycles. The number of nitrogens with two attached hydrogens (primary N) is 1. The minimum atomic E-state index is -0.661. The van der Waals surface area contributed by atoms with E-state index in [1.54, 1.807) is 7.11 Å². The van der Waals surface area contributed by atoms with Gasteiger partial charge in [0, 0.05) is 11.6 Å². The highest BCUT2D eigenvalue weighted by Crippen LogP contribution is 2.20. The molecule has 1 atom stereocenters. The third-order valence-electron chi connectivity index (χ3n) is 2.58. The van der Waals surface area contributed by atoms with Crippen molar-refractivity contribution in [1.29, 1.82) is 0 Å². The van der Waals surface area contributed by atoms with Gasteiger partial charge in [-0.05, 0) is 24.6 Å². The van der Waals surface area contributed by atoms with E-state index < -0.39 is 6.03 Å². The zero-order valence-electron chi connectivity index (χ0n) is 10.2. The molecular formula is C12H17N3O2. The summed E-state index contributed by atoms with van der Waals surface area (Å²) in [4.78, 5) is 10.5. The van der Waals surface area contributed by atoms with Crippen LogP contribution in [-0.2, 0) is 0 Å². The Labute approximate surface area is 101 Å². The summed E-state index contributed by atoms with van der Waals surface area (Å²) in [5, 5.41) is 3.90. The summed E-state index contributed by atoms with van der Waals surface area (Å²) in [5.41, 5.74) is 9.05. The van der Waals surface area contributed by atoms with Crippen LogP contribution >= 0.6 is 0 Å². The lowest BCUT2D eigenvalue weighted by Crippen LogP contribution is -2.26. The van der Waals surface area contributed by atoms with Crippen LogP contribution in [0.15, 0.2) is 29.4 Å². The third kappa shape index (κ3) is 3.79. The van der Waals surface area contributed by atoms with Crippen LogP contribution in [0.2, 0.25) is 0 Å². The molecule has 0 spiro atoms. The van der Waals surface area contributed by atoms with Gasteiger partial charge >= 0.3 is 6.03 Å². The number of nitrogens with one attached hydrogen (secondary N) is 1. The summed E-state index contributed by atoms with van der Waals surface area (Å²) in [6.07, 6.45) is 0. The predicted molar refractivity (Wildman–Crippen MR) is 67.2 cm³/mol. The van der Waals surface area contributed by atoms with Crippen molar-refractivity contribution in [2.45, 2.75) is 19.8 Å². The number of ether oxygens (including phenoxy) is 1. The van der Waals surface area contributed by atoms with Crippen LogP contribution < -0.4 is 15.9 Å². The first-order valence-electron chi connectivity index (χ1n) is 5.28. The van der Waals surface area contributed by atoms with Crippen LogP contribution in [0.1, 0.15) is 25.3 Å². The maximum Gasteiger partial charge on any atom is 0.332 e. The molecule has 0 aliphatic rings. The van der Waals surface area contributed by atoms with Crippen LogP contribution in [-0.4, -0.2) is 18.9 Å². The number of carbonyl (C=O) groups is 1. The van der Waals surface area contributed by atoms with Gasteiger partial charge in [-0.2, -0.15) is 5.10 Å². The number of hydrogen-bond donors (Lipinski definition) is 2. The van der Waals surface area contributed by atoms with Crippen molar-refractivity contribution in [1.82, 2.24) is 5.43 Å². The summed E-state index contributed by atoms with van der Waals surface area (Å²) in [5.74, 6) is 0.915. The number of carbonyl (C=O) groups excluding carboxylic acids is 1. The second kappa shape index (κ2) is 5.89. The second-order valence-electron chi connectivity index (χ2n) is 3.72. The summed E-state index contributed by atoms with van der Waals surface area (Å²) < 4.78 is 5.08. The molecule has 0 radical (unpaired) electrons. The smallest absolute Gasteiger partial charge is 0.332 e. The number of nitrogens with zero attached hydrogens (tertiary/aromatic N) is 1. The molecule has 0 fully saturated rings. The number of primary amides is 1. The monoisotopic (exact) mass is 235 g/mol. The molecule has 0 saturated carbocycles. The van der Waals surface area contributed by atoms with Crippen LogP contribution in [0, 0.1) is 0 Å². The normalized spacial score (nSPS) is 13.0. The molecule has 1 unspecified atom stereocenters. The van der Waals surface area contributed by atoms with E-state index in [4.69, 9.17) is 10.5 Å². The van der Waals surface area contributed by atoms with Gasteiger partial charge in [-0.25, -0.2) is 10.2 Å². The minimum Gasteiger partial charge on any atom is -0.497 e. The summed E-state index contributed by atoms with van der Waals surface area (Å²) in [7, 11) is 1.63. The Morgan fingerprint density at radius 1 is 1.41 bits per heavy atom. The number of urea groups is 1. The number of hydrazone groups is 1. The fourth-order valence-corrected chi connectivity index (χ4v) is 1.37. The number of rotatable bonds is 4. The highest BCUT2D eigenvalue weighted by atomic mass is 16.5. The van der Waals surface area contributed by atoms with Gasteiger partial charge in [0.25, 0.3) is 0 Å². The van der Waals surface area contributed by atoms with Crippen LogP contribution in [0.5, 0.6) is 5.75 Å². The Morgan fingerprint density at radius 2 is 2.00 bits per heavy atom. The first-order valence-corrected chi connectivity index (χ1v) is 5.28. The Kier molecular flexibility index (Phi) is 4.51. The van der Waals surface area contributed by atoms with E-state index in [1.165, 1.54) is 0 Å². The van der Waals surface area contributed by atoms with Crippen molar-refractivity contribution < 1.29 is 9.53 Å². The Morgan fingerprint density at radius 3 is 2.47 bits per heavy atom. The van der Waals surface area contributed by atoms with Crippen LogP contribution in [0.4, 0.5) is 4.79 Å². The highest BCUT2D eigenvalue weighted by molar-refractivity contribution is 5.89. The molecule has 1 rings (SSSR count). The van der Waals surface area contributed by atoms with Gasteiger partial charge in [0.15, 0.2) is 0 Å². The van der Waals surface area contributed by atoms with E-state index >= 15 is 0 Å². The lowest BCUT2D eigenvalue weighted by Gasteiger charge is -2.12. The Hall–Kier alpha value is -2.04. The average molecular weight is 235 g/mol. The topological polar surface area (TPSA) is 76.7 Å². The summed E-state index contributed by atoms with van der Waals surface area (Å²) in [6, 6.07) is 7.05. The van der Waals surface area contributed by atoms with Crippen molar-refractivity contribution in [3.05, 3.63) is 29.8 Å². The van der Waals surface area contributed by atoms with Crippen LogP contribution in [0.25, 0.3) is 0 Å². The number of methoxy groups -OCH3 is 1. The summed E-state index contributed by atoms with van der Waals surface area (Å²) in [6.45, 7) is 3.84. The Balaban J connectivity index is 2.77. The SMILES string of the molecule is COc1ccc(C(C)/C(C)=N/NC(N)=O)cc1. The molecule has 0 aliphatic heterocycles. The molecule has 2 amide bonds. The molecule has 92 valence electrons. The van der Waals surface area contributed by atoms with Gasteiger partial charge in [0.05, 0.1) is 7.11 Å². The fraction of sp³-hybridized carbons (Fsp3) is 0.333. The van der Waals surface area contributed by atoms with E-state index in [9.17, 15) is 4.79 Å². The second-order valence-corrected chi connectivity index (χ2v) is 3.72. The zero-order valence-corrected chi connectivity index (χ0v) is 10.2. The van der Waals surface area contributed by atoms with E-state index in [0.717, 1.165) is 17.0 Å². The zero-order chi connectivity index (χ0) is 12.8. The van der Waals surface area contributed by atoms with Crippen molar-refractivity contribution in [3.63, 3.8) is 0 Å². The number of benzene rings is 1. The van der Waals surface area contributed by atoms with Crippen molar-refractivity contribution in [2.75, 3.05) is 7.11 Å². The summed E-state index contributed by atoms with van der Waals surface area (Å²) >= 11 is 0. The molecule has 0 bridgehead atoms. The van der Waals surface area contributed by atoms with Gasteiger partial charge in [-0.3, -0.25) is 0 Å². The maximum atomic E-state index is 10.5. The maximum absolute atomic E-state index is 10.5. The van der Waals surface area contributed by atoms with Gasteiger partial charge < -0.3 is 10.5 Å². The van der Waals surface area contributed by atoms with E-state index in [2.05, 4.69) is 10.5 Å². The lowest BCUT2D eigenvalue weighted by molar-refractivity contribution is 0.249. The van der Waals surface area contributed by atoms with Crippen molar-refractivity contribution >= 4 is 11.7 Å². The third-order valence-corrected chi connectivity index (χ3v) is 2.58. The number of amides is 2. The molecule has 3 N–H and O–H groups in total. The molecule has 0 aliphatic carbocycles. The van der Waals surface area contributed by atoms with Gasteiger partial charge in [-0.15, -0.1) is 0 Å². The molecule has 1 aromatic carbocycles. The molecule has 5 nitrogen and oxygen atoms in total. The van der Waals surface area contributed by atoms with Crippen LogP contribution in [0.3, 0.4) is 0 Å². The first-order chi connectivity index (χ1) is 8.04. The highest BCUT2D eigenvalue weighted by Gasteiger charge is 2.09. The fourth-order valence-electron chi connectivity index (χ4n) is 1.37. The molecule has 17 heavy (non-hydrogen) atoms. The molecule has 5 heteroatoms. The van der Waals surface area contributed by atoms with Gasteiger partial charge in [0.2, 0.25) is 0 Å². The van der Waals surface area contributed by atoms with Gasteiger partial charge in [0.1, 0.15) is 5.75 Å². The average Bonchev–Trinajstić information content (AvgIpc) is 2.35. The number of hydrogen-bond acceptors (Lipinski definition) is 3. The van der Waals surface area contributed by atoms with E-state index in [1.807, 2.05) is 38.1 Å². The van der Waals surface area contributed by atoms with Crippen molar-refractivity contribution in [3.8, 4) is 5.75 Å². The van der Waals surface area contributed by atoms with E-state index in [0.29, 0.717) is 0 Å². The van der Waals surface area contributed by atoms with Gasteiger partial charge in [-0.1, -0.05) is 19.1 Å². The quantitative estimate of drug-likeness (QED) is 0.617. The first kappa shape index (κ1) is 13.0. The molecule has 0 aromatic heterocycles. The van der Waals surface area contributed by atoms with E-state index in [-0.39, 0.29) is 5.92 Å². The predicted octanol–water partition coefficient (Wildman–Crippen LogP) is 1.84. The Bertz CT molecular complexity index is 412. The molecular weight excluding hydrogens is 218 g/mol. The molecule has 0 saturated heterocycles. The van der Waals surface area contributed by atoms with Crippen molar-refractivity contribution in [2.24, 2.45) is 10.8 Å².